The van der Waals surface area contributed by atoms with Gasteiger partial charge in [0.25, 0.3) is 5.91 Å². The van der Waals surface area contributed by atoms with Crippen LogP contribution in [0.25, 0.3) is 0 Å². The monoisotopic (exact) mass is 374 g/mol. The number of aryl methyl sites for hydroxylation is 2. The highest BCUT2D eigenvalue weighted by Gasteiger charge is 2.17. The average molecular weight is 374 g/mol. The summed E-state index contributed by atoms with van der Waals surface area (Å²) >= 11 is 0. The van der Waals surface area contributed by atoms with Gasteiger partial charge in [0.15, 0.2) is 0 Å². The minimum absolute atomic E-state index is 0.0872. The van der Waals surface area contributed by atoms with Crippen LogP contribution in [-0.2, 0) is 13.1 Å². The molecule has 0 radical (unpaired) electrons. The lowest BCUT2D eigenvalue weighted by molar-refractivity contribution is 0.0746. The Hall–Kier alpha value is -3.21. The fourth-order valence-corrected chi connectivity index (χ4v) is 3.06. The third-order valence-electron chi connectivity index (χ3n) is 4.66. The highest BCUT2D eigenvalue weighted by molar-refractivity contribution is 5.93. The highest BCUT2D eigenvalue weighted by atomic mass is 16.2. The molecular formula is C23H26N4O. The first-order valence-electron chi connectivity index (χ1n) is 9.54. The molecule has 0 aliphatic rings. The van der Waals surface area contributed by atoms with Crippen LogP contribution < -0.4 is 5.32 Å². The van der Waals surface area contributed by atoms with E-state index in [4.69, 9.17) is 0 Å². The van der Waals surface area contributed by atoms with E-state index in [0.717, 1.165) is 5.56 Å². The van der Waals surface area contributed by atoms with E-state index < -0.39 is 0 Å². The Bertz CT molecular complexity index is 940. The van der Waals surface area contributed by atoms with Crippen molar-refractivity contribution in [2.24, 2.45) is 0 Å². The number of amides is 1. The Morgan fingerprint density at radius 3 is 2.43 bits per heavy atom. The third kappa shape index (κ3) is 4.94. The predicted molar refractivity (Wildman–Crippen MR) is 112 cm³/mol. The first-order chi connectivity index (χ1) is 13.6. The highest BCUT2D eigenvalue weighted by Crippen LogP contribution is 2.14. The second-order valence-electron chi connectivity index (χ2n) is 6.77. The average Bonchev–Trinajstić information content (AvgIpc) is 2.71. The van der Waals surface area contributed by atoms with Crippen molar-refractivity contribution in [3.63, 3.8) is 0 Å². The summed E-state index contributed by atoms with van der Waals surface area (Å²) in [4.78, 5) is 23.6. The van der Waals surface area contributed by atoms with Crippen molar-refractivity contribution < 1.29 is 4.79 Å². The molecular weight excluding hydrogens is 348 g/mol. The van der Waals surface area contributed by atoms with Crippen LogP contribution in [-0.4, -0.2) is 27.3 Å². The zero-order valence-corrected chi connectivity index (χ0v) is 16.6. The van der Waals surface area contributed by atoms with E-state index in [1.54, 1.807) is 11.0 Å². The zero-order chi connectivity index (χ0) is 19.9. The van der Waals surface area contributed by atoms with Gasteiger partial charge < -0.3 is 10.2 Å². The number of nitrogens with zero attached hydrogens (tertiary/aromatic N) is 3. The van der Waals surface area contributed by atoms with E-state index in [0.29, 0.717) is 37.0 Å². The molecule has 144 valence electrons. The standard InChI is InChI=1S/C23H26N4O/c1-4-27(16-19-11-6-5-7-12-19)23(28)21-14-22(26-18(3)25-21)24-15-20-13-9-8-10-17(20)2/h5-14H,4,15-16H2,1-3H3,(H,24,25,26). The molecule has 0 aliphatic heterocycles. The fourth-order valence-electron chi connectivity index (χ4n) is 3.06. The topological polar surface area (TPSA) is 58.1 Å². The molecule has 0 bridgehead atoms. The number of carbonyl (C=O) groups excluding carboxylic acids is 1. The molecule has 0 fully saturated rings. The van der Waals surface area contributed by atoms with Gasteiger partial charge in [-0.2, -0.15) is 0 Å². The second-order valence-corrected chi connectivity index (χ2v) is 6.77. The molecule has 1 aromatic heterocycles. The van der Waals surface area contributed by atoms with Crippen molar-refractivity contribution in [1.29, 1.82) is 0 Å². The SMILES string of the molecule is CCN(Cc1ccccc1)C(=O)c1cc(NCc2ccccc2C)nc(C)n1. The van der Waals surface area contributed by atoms with Gasteiger partial charge in [-0.1, -0.05) is 54.6 Å². The van der Waals surface area contributed by atoms with Crippen LogP contribution in [0, 0.1) is 13.8 Å². The molecule has 1 N–H and O–H groups in total. The number of benzene rings is 2. The molecule has 28 heavy (non-hydrogen) atoms. The van der Waals surface area contributed by atoms with Crippen molar-refractivity contribution >= 4 is 11.7 Å². The van der Waals surface area contributed by atoms with Crippen molar-refractivity contribution in [1.82, 2.24) is 14.9 Å². The molecule has 5 heteroatoms. The normalized spacial score (nSPS) is 10.5. The van der Waals surface area contributed by atoms with Crippen molar-refractivity contribution in [3.05, 3.63) is 88.9 Å². The van der Waals surface area contributed by atoms with Gasteiger partial charge in [-0.05, 0) is 37.5 Å². The summed E-state index contributed by atoms with van der Waals surface area (Å²) in [5.74, 6) is 1.15. The van der Waals surface area contributed by atoms with Crippen LogP contribution in [0.2, 0.25) is 0 Å². The largest absolute Gasteiger partial charge is 0.366 e. The van der Waals surface area contributed by atoms with Crippen LogP contribution in [0.4, 0.5) is 5.82 Å². The molecule has 0 spiro atoms. The van der Waals surface area contributed by atoms with Gasteiger partial charge in [-0.3, -0.25) is 4.79 Å². The van der Waals surface area contributed by atoms with Crippen molar-refractivity contribution in [2.75, 3.05) is 11.9 Å². The number of nitrogens with one attached hydrogen (secondary N) is 1. The van der Waals surface area contributed by atoms with E-state index >= 15 is 0 Å². The minimum atomic E-state index is -0.0872. The number of hydrogen-bond acceptors (Lipinski definition) is 4. The van der Waals surface area contributed by atoms with Gasteiger partial charge >= 0.3 is 0 Å². The first kappa shape index (κ1) is 19.5. The van der Waals surface area contributed by atoms with E-state index in [-0.39, 0.29) is 5.91 Å². The Labute approximate surface area is 166 Å². The van der Waals surface area contributed by atoms with Crippen LogP contribution in [0.1, 0.15) is 39.9 Å². The summed E-state index contributed by atoms with van der Waals surface area (Å²) in [7, 11) is 0. The number of hydrogen-bond donors (Lipinski definition) is 1. The fraction of sp³-hybridized carbons (Fsp3) is 0.261. The van der Waals surface area contributed by atoms with Gasteiger partial charge in [0, 0.05) is 25.7 Å². The molecule has 3 aromatic rings. The smallest absolute Gasteiger partial charge is 0.272 e. The van der Waals surface area contributed by atoms with Crippen molar-refractivity contribution in [3.8, 4) is 0 Å². The summed E-state index contributed by atoms with van der Waals surface area (Å²) in [5, 5.41) is 3.32. The van der Waals surface area contributed by atoms with Gasteiger partial charge in [0.05, 0.1) is 0 Å². The lowest BCUT2D eigenvalue weighted by Gasteiger charge is -2.21. The lowest BCUT2D eigenvalue weighted by Crippen LogP contribution is -2.31. The Morgan fingerprint density at radius 2 is 1.71 bits per heavy atom. The van der Waals surface area contributed by atoms with Crippen molar-refractivity contribution in [2.45, 2.75) is 33.9 Å². The summed E-state index contributed by atoms with van der Waals surface area (Å²) < 4.78 is 0. The van der Waals surface area contributed by atoms with Crippen LogP contribution in [0.5, 0.6) is 0 Å². The van der Waals surface area contributed by atoms with E-state index in [9.17, 15) is 4.79 Å². The van der Waals surface area contributed by atoms with Crippen LogP contribution in [0.3, 0.4) is 0 Å². The number of anilines is 1. The Morgan fingerprint density at radius 1 is 1.00 bits per heavy atom. The maximum Gasteiger partial charge on any atom is 0.272 e. The second kappa shape index (κ2) is 9.13. The third-order valence-corrected chi connectivity index (χ3v) is 4.66. The number of carbonyl (C=O) groups is 1. The predicted octanol–water partition coefficient (Wildman–Crippen LogP) is 4.37. The summed E-state index contributed by atoms with van der Waals surface area (Å²) in [6.07, 6.45) is 0. The molecule has 1 amide bonds. The minimum Gasteiger partial charge on any atom is -0.366 e. The number of aromatic nitrogens is 2. The molecule has 1 heterocycles. The summed E-state index contributed by atoms with van der Waals surface area (Å²) in [6, 6.07) is 19.9. The maximum atomic E-state index is 13.0. The van der Waals surface area contributed by atoms with Gasteiger partial charge in [-0.25, -0.2) is 9.97 Å². The molecule has 3 rings (SSSR count). The van der Waals surface area contributed by atoms with E-state index in [1.165, 1.54) is 11.1 Å². The maximum absolute atomic E-state index is 13.0. The van der Waals surface area contributed by atoms with Crippen LogP contribution in [0.15, 0.2) is 60.7 Å². The molecule has 5 nitrogen and oxygen atoms in total. The summed E-state index contributed by atoms with van der Waals surface area (Å²) in [5.41, 5.74) is 3.93. The first-order valence-corrected chi connectivity index (χ1v) is 9.54. The summed E-state index contributed by atoms with van der Waals surface area (Å²) in [6.45, 7) is 7.70. The van der Waals surface area contributed by atoms with E-state index in [2.05, 4.69) is 34.3 Å². The van der Waals surface area contributed by atoms with E-state index in [1.807, 2.05) is 56.3 Å². The number of rotatable bonds is 7. The van der Waals surface area contributed by atoms with Gasteiger partial charge in [-0.15, -0.1) is 0 Å². The molecule has 0 atom stereocenters. The lowest BCUT2D eigenvalue weighted by atomic mass is 10.1. The quantitative estimate of drug-likeness (QED) is 0.667. The van der Waals surface area contributed by atoms with Crippen LogP contribution >= 0.6 is 0 Å². The molecule has 0 saturated carbocycles. The molecule has 0 saturated heterocycles. The Kier molecular flexibility index (Phi) is 6.37. The zero-order valence-electron chi connectivity index (χ0n) is 16.6. The molecule has 0 aliphatic carbocycles. The molecule has 2 aromatic carbocycles. The Balaban J connectivity index is 1.75. The molecule has 0 unspecified atom stereocenters. The van der Waals surface area contributed by atoms with Gasteiger partial charge in [0.2, 0.25) is 0 Å². The van der Waals surface area contributed by atoms with Gasteiger partial charge in [0.1, 0.15) is 17.3 Å².